The van der Waals surface area contributed by atoms with Crippen molar-refractivity contribution in [2.75, 3.05) is 6.54 Å². The van der Waals surface area contributed by atoms with Crippen LogP contribution in [0.3, 0.4) is 0 Å². The zero-order valence-electron chi connectivity index (χ0n) is 14.2. The minimum Gasteiger partial charge on any atom is -0.354 e. The molecule has 4 aromatic rings. The number of halogens is 1. The van der Waals surface area contributed by atoms with Gasteiger partial charge in [0.2, 0.25) is 0 Å². The van der Waals surface area contributed by atoms with Crippen LogP contribution in [0.4, 0.5) is 0 Å². The topological polar surface area (TPSA) is 41.8 Å². The van der Waals surface area contributed by atoms with Gasteiger partial charge in [0, 0.05) is 26.4 Å². The molecule has 0 aliphatic carbocycles. The Bertz CT molecular complexity index is 1040. The number of hydrogen-bond acceptors (Lipinski definition) is 2. The molecule has 0 atom stereocenters. The SMILES string of the molecule is Cc1ccc(Cl)c2c(CCCCN)c(-c3csc4ccccc34)[nH]c12. The highest BCUT2D eigenvalue weighted by molar-refractivity contribution is 7.17. The predicted octanol–water partition coefficient (Wildman–Crippen LogP) is 6.29. The maximum atomic E-state index is 6.60. The third-order valence-corrected chi connectivity index (χ3v) is 6.13. The van der Waals surface area contributed by atoms with Crippen molar-refractivity contribution in [2.24, 2.45) is 5.73 Å². The molecule has 0 aliphatic heterocycles. The van der Waals surface area contributed by atoms with Crippen molar-refractivity contribution in [3.05, 3.63) is 57.9 Å². The van der Waals surface area contributed by atoms with Crippen LogP contribution >= 0.6 is 22.9 Å². The summed E-state index contributed by atoms with van der Waals surface area (Å²) in [5.74, 6) is 0. The summed E-state index contributed by atoms with van der Waals surface area (Å²) in [6.45, 7) is 2.86. The van der Waals surface area contributed by atoms with Gasteiger partial charge in [0.15, 0.2) is 0 Å². The first-order valence-electron chi connectivity index (χ1n) is 8.67. The van der Waals surface area contributed by atoms with E-state index in [1.807, 2.05) is 6.07 Å². The Balaban J connectivity index is 1.97. The summed E-state index contributed by atoms with van der Waals surface area (Å²) in [7, 11) is 0. The second-order valence-electron chi connectivity index (χ2n) is 6.48. The van der Waals surface area contributed by atoms with Gasteiger partial charge in [0.25, 0.3) is 0 Å². The molecule has 4 heteroatoms. The van der Waals surface area contributed by atoms with Gasteiger partial charge in [-0.25, -0.2) is 0 Å². The number of aromatic nitrogens is 1. The third kappa shape index (κ3) is 2.86. The summed E-state index contributed by atoms with van der Waals surface area (Å²) in [6, 6.07) is 12.7. The van der Waals surface area contributed by atoms with E-state index in [2.05, 4.69) is 47.6 Å². The summed E-state index contributed by atoms with van der Waals surface area (Å²) in [6.07, 6.45) is 3.09. The summed E-state index contributed by atoms with van der Waals surface area (Å²) < 4.78 is 1.31. The van der Waals surface area contributed by atoms with E-state index in [4.69, 9.17) is 17.3 Å². The van der Waals surface area contributed by atoms with E-state index in [0.717, 1.165) is 36.3 Å². The number of aromatic amines is 1. The minimum absolute atomic E-state index is 0.728. The smallest absolute Gasteiger partial charge is 0.0512 e. The fourth-order valence-electron chi connectivity index (χ4n) is 3.56. The van der Waals surface area contributed by atoms with Gasteiger partial charge >= 0.3 is 0 Å². The van der Waals surface area contributed by atoms with Crippen molar-refractivity contribution in [1.29, 1.82) is 0 Å². The highest BCUT2D eigenvalue weighted by Gasteiger charge is 2.18. The summed E-state index contributed by atoms with van der Waals surface area (Å²) >= 11 is 8.39. The van der Waals surface area contributed by atoms with Gasteiger partial charge in [-0.1, -0.05) is 35.9 Å². The van der Waals surface area contributed by atoms with Crippen molar-refractivity contribution in [1.82, 2.24) is 4.98 Å². The Kier molecular flexibility index (Phi) is 4.55. The number of H-pyrrole nitrogens is 1. The quantitative estimate of drug-likeness (QED) is 0.399. The summed E-state index contributed by atoms with van der Waals surface area (Å²) in [5.41, 5.74) is 11.9. The Hall–Kier alpha value is -1.81. The Morgan fingerprint density at radius 1 is 1.12 bits per heavy atom. The van der Waals surface area contributed by atoms with Crippen molar-refractivity contribution in [2.45, 2.75) is 26.2 Å². The van der Waals surface area contributed by atoms with Gasteiger partial charge in [-0.15, -0.1) is 11.3 Å². The molecule has 0 fully saturated rings. The highest BCUT2D eigenvalue weighted by Crippen LogP contribution is 2.41. The second kappa shape index (κ2) is 6.83. The third-order valence-electron chi connectivity index (χ3n) is 4.85. The van der Waals surface area contributed by atoms with Crippen LogP contribution in [0.25, 0.3) is 32.2 Å². The van der Waals surface area contributed by atoms with E-state index >= 15 is 0 Å². The second-order valence-corrected chi connectivity index (χ2v) is 7.80. The van der Waals surface area contributed by atoms with Crippen LogP contribution in [0.15, 0.2) is 41.8 Å². The number of fused-ring (bicyclic) bond motifs is 2. The van der Waals surface area contributed by atoms with Crippen LogP contribution in [0, 0.1) is 6.92 Å². The lowest BCUT2D eigenvalue weighted by molar-refractivity contribution is 0.748. The van der Waals surface area contributed by atoms with Gasteiger partial charge < -0.3 is 10.7 Å². The summed E-state index contributed by atoms with van der Waals surface area (Å²) in [5, 5.41) is 5.55. The number of benzene rings is 2. The van der Waals surface area contributed by atoms with Crippen LogP contribution in [-0.4, -0.2) is 11.5 Å². The molecule has 4 rings (SSSR count). The monoisotopic (exact) mass is 368 g/mol. The van der Waals surface area contributed by atoms with Gasteiger partial charge in [-0.2, -0.15) is 0 Å². The molecule has 0 amide bonds. The average Bonchev–Trinajstić information content (AvgIpc) is 3.21. The Labute approximate surface area is 156 Å². The first-order chi connectivity index (χ1) is 12.2. The fourth-order valence-corrected chi connectivity index (χ4v) is 4.78. The number of rotatable bonds is 5. The fraction of sp³-hybridized carbons (Fsp3) is 0.238. The lowest BCUT2D eigenvalue weighted by Crippen LogP contribution is -1.99. The predicted molar refractivity (Wildman–Crippen MR) is 111 cm³/mol. The van der Waals surface area contributed by atoms with E-state index in [0.29, 0.717) is 0 Å². The number of nitrogens with one attached hydrogen (secondary N) is 1. The highest BCUT2D eigenvalue weighted by atomic mass is 35.5. The standard InChI is InChI=1S/C21H21ClN2S/c1-13-9-10-17(22)19-15(7-4-5-11-23)21(24-20(13)19)16-12-25-18-8-3-2-6-14(16)18/h2-3,6,8-10,12,24H,4-5,7,11,23H2,1H3. The molecule has 3 N–H and O–H groups in total. The normalized spacial score (nSPS) is 11.6. The molecular weight excluding hydrogens is 348 g/mol. The molecule has 0 bridgehead atoms. The largest absolute Gasteiger partial charge is 0.354 e. The molecule has 25 heavy (non-hydrogen) atoms. The molecule has 0 unspecified atom stereocenters. The number of unbranched alkanes of at least 4 members (excludes halogenated alkanes) is 1. The van der Waals surface area contributed by atoms with E-state index in [-0.39, 0.29) is 0 Å². The van der Waals surface area contributed by atoms with Gasteiger partial charge in [-0.05, 0) is 56.0 Å². The van der Waals surface area contributed by atoms with Crippen molar-refractivity contribution in [3.8, 4) is 11.3 Å². The van der Waals surface area contributed by atoms with Crippen LogP contribution in [0.1, 0.15) is 24.0 Å². The lowest BCUT2D eigenvalue weighted by atomic mass is 9.99. The molecule has 0 spiro atoms. The van der Waals surface area contributed by atoms with Crippen molar-refractivity contribution >= 4 is 43.9 Å². The average molecular weight is 369 g/mol. The minimum atomic E-state index is 0.728. The van der Waals surface area contributed by atoms with Gasteiger partial charge in [0.1, 0.15) is 0 Å². The molecule has 0 radical (unpaired) electrons. The molecule has 2 aromatic heterocycles. The molecule has 2 heterocycles. The van der Waals surface area contributed by atoms with Crippen molar-refractivity contribution in [3.63, 3.8) is 0 Å². The van der Waals surface area contributed by atoms with Crippen LogP contribution in [-0.2, 0) is 6.42 Å². The molecule has 2 nitrogen and oxygen atoms in total. The number of nitrogens with two attached hydrogens (primary N) is 1. The number of aryl methyl sites for hydroxylation is 2. The maximum Gasteiger partial charge on any atom is 0.0512 e. The van der Waals surface area contributed by atoms with E-state index < -0.39 is 0 Å². The first-order valence-corrected chi connectivity index (χ1v) is 9.92. The molecule has 0 aliphatic rings. The van der Waals surface area contributed by atoms with E-state index in [1.165, 1.54) is 37.9 Å². The first kappa shape index (κ1) is 16.6. The van der Waals surface area contributed by atoms with Crippen LogP contribution < -0.4 is 5.73 Å². The zero-order valence-corrected chi connectivity index (χ0v) is 15.8. The zero-order chi connectivity index (χ0) is 17.4. The van der Waals surface area contributed by atoms with E-state index in [1.54, 1.807) is 11.3 Å². The number of thiophene rings is 1. The molecule has 0 saturated carbocycles. The molecule has 128 valence electrons. The molecule has 2 aromatic carbocycles. The maximum absolute atomic E-state index is 6.60. The Morgan fingerprint density at radius 2 is 1.96 bits per heavy atom. The number of hydrogen-bond donors (Lipinski definition) is 2. The van der Waals surface area contributed by atoms with E-state index in [9.17, 15) is 0 Å². The van der Waals surface area contributed by atoms with Crippen molar-refractivity contribution < 1.29 is 0 Å². The lowest BCUT2D eigenvalue weighted by Gasteiger charge is -2.06. The molecule has 0 saturated heterocycles. The van der Waals surface area contributed by atoms with Crippen LogP contribution in [0.5, 0.6) is 0 Å². The van der Waals surface area contributed by atoms with Gasteiger partial charge in [-0.3, -0.25) is 0 Å². The van der Waals surface area contributed by atoms with Crippen LogP contribution in [0.2, 0.25) is 5.02 Å². The summed E-state index contributed by atoms with van der Waals surface area (Å²) in [4.78, 5) is 3.69. The Morgan fingerprint density at radius 3 is 2.80 bits per heavy atom. The molecular formula is C21H21ClN2S. The van der Waals surface area contributed by atoms with Gasteiger partial charge in [0.05, 0.1) is 16.2 Å².